The number of carboxylic acid groups (broad SMARTS) is 2. The standard InChI is InChI=1S/2C8H8O3.Ti/c2*1-5-3-2-4-6(7(5)9)8(10)11;/h2*2-4,9H,1H3,(H,10,11);. The van der Waals surface area contributed by atoms with Crippen LogP contribution in [0.3, 0.4) is 0 Å². The third-order valence-corrected chi connectivity index (χ3v) is 2.94. The van der Waals surface area contributed by atoms with E-state index in [4.69, 9.17) is 10.2 Å². The number of carbonyl (C=O) groups is 2. The maximum atomic E-state index is 10.4. The second-order valence-corrected chi connectivity index (χ2v) is 4.55. The zero-order valence-corrected chi connectivity index (χ0v) is 14.1. The van der Waals surface area contributed by atoms with E-state index < -0.39 is 11.9 Å². The summed E-state index contributed by atoms with van der Waals surface area (Å²) in [5.41, 5.74) is 1.05. The molecule has 0 amide bonds. The van der Waals surface area contributed by atoms with E-state index in [0.29, 0.717) is 11.1 Å². The van der Waals surface area contributed by atoms with Gasteiger partial charge in [-0.05, 0) is 37.1 Å². The first-order valence-electron chi connectivity index (χ1n) is 6.29. The Morgan fingerprint density at radius 2 is 1.04 bits per heavy atom. The van der Waals surface area contributed by atoms with Crippen molar-refractivity contribution in [2.75, 3.05) is 0 Å². The molecule has 0 radical (unpaired) electrons. The van der Waals surface area contributed by atoms with Crippen LogP contribution in [0.25, 0.3) is 0 Å². The van der Waals surface area contributed by atoms with Crippen LogP contribution < -0.4 is 0 Å². The maximum absolute atomic E-state index is 10.4. The van der Waals surface area contributed by atoms with Crippen LogP contribution in [-0.4, -0.2) is 32.4 Å². The quantitative estimate of drug-likeness (QED) is 0.618. The SMILES string of the molecule is Cc1cccc(C(=O)O)c1O.Cc1cccc(C(=O)O)c1O.[Ti]. The van der Waals surface area contributed by atoms with E-state index in [2.05, 4.69) is 0 Å². The van der Waals surface area contributed by atoms with Gasteiger partial charge in [0.25, 0.3) is 0 Å². The smallest absolute Gasteiger partial charge is 0.339 e. The third-order valence-electron chi connectivity index (χ3n) is 2.94. The molecule has 2 aromatic carbocycles. The van der Waals surface area contributed by atoms with Gasteiger partial charge in [-0.15, -0.1) is 0 Å². The molecule has 7 heteroatoms. The predicted molar refractivity (Wildman–Crippen MR) is 79.6 cm³/mol. The summed E-state index contributed by atoms with van der Waals surface area (Å²) in [4.78, 5) is 20.8. The first-order chi connectivity index (χ1) is 10.3. The second-order valence-electron chi connectivity index (χ2n) is 4.55. The Morgan fingerprint density at radius 3 is 1.26 bits per heavy atom. The number of hydrogen-bond acceptors (Lipinski definition) is 4. The Kier molecular flexibility index (Phi) is 8.07. The van der Waals surface area contributed by atoms with Gasteiger partial charge >= 0.3 is 11.9 Å². The average molecular weight is 352 g/mol. The molecule has 2 aromatic rings. The number of aromatic carboxylic acids is 2. The van der Waals surface area contributed by atoms with E-state index in [1.54, 1.807) is 38.1 Å². The van der Waals surface area contributed by atoms with Crippen LogP contribution in [0.4, 0.5) is 0 Å². The molecule has 0 fully saturated rings. The van der Waals surface area contributed by atoms with Crippen LogP contribution in [0, 0.1) is 13.8 Å². The van der Waals surface area contributed by atoms with Gasteiger partial charge in [-0.2, -0.15) is 0 Å². The number of para-hydroxylation sites is 2. The molecule has 0 unspecified atom stereocenters. The van der Waals surface area contributed by atoms with Crippen LogP contribution in [0.2, 0.25) is 0 Å². The fourth-order valence-electron chi connectivity index (χ4n) is 1.66. The molecular formula is C16H16O6Ti. The zero-order valence-electron chi connectivity index (χ0n) is 12.6. The van der Waals surface area contributed by atoms with E-state index in [9.17, 15) is 19.8 Å². The summed E-state index contributed by atoms with van der Waals surface area (Å²) in [6.45, 7) is 3.31. The van der Waals surface area contributed by atoms with Gasteiger partial charge in [0.15, 0.2) is 0 Å². The third kappa shape index (κ3) is 5.43. The van der Waals surface area contributed by atoms with Gasteiger partial charge in [0.05, 0.1) is 0 Å². The van der Waals surface area contributed by atoms with Crippen molar-refractivity contribution in [1.29, 1.82) is 0 Å². The first-order valence-corrected chi connectivity index (χ1v) is 6.29. The van der Waals surface area contributed by atoms with Gasteiger partial charge in [-0.3, -0.25) is 0 Å². The minimum Gasteiger partial charge on any atom is -0.507 e. The molecule has 0 spiro atoms. The molecule has 0 aliphatic carbocycles. The average Bonchev–Trinajstić information content (AvgIpc) is 2.45. The number of aryl methyl sites for hydroxylation is 2. The molecule has 0 saturated heterocycles. The molecule has 0 saturated carbocycles. The van der Waals surface area contributed by atoms with E-state index in [0.717, 1.165) is 0 Å². The van der Waals surface area contributed by atoms with Crippen LogP contribution in [0.1, 0.15) is 31.8 Å². The summed E-state index contributed by atoms with van der Waals surface area (Å²) < 4.78 is 0. The van der Waals surface area contributed by atoms with Crippen LogP contribution in [-0.2, 0) is 21.7 Å². The fraction of sp³-hybridized carbons (Fsp3) is 0.125. The summed E-state index contributed by atoms with van der Waals surface area (Å²) in [7, 11) is 0. The normalized spacial score (nSPS) is 9.13. The van der Waals surface area contributed by atoms with Crippen LogP contribution >= 0.6 is 0 Å². The molecule has 120 valence electrons. The summed E-state index contributed by atoms with van der Waals surface area (Å²) in [6, 6.07) is 9.23. The van der Waals surface area contributed by atoms with E-state index >= 15 is 0 Å². The largest absolute Gasteiger partial charge is 0.507 e. The van der Waals surface area contributed by atoms with Crippen molar-refractivity contribution in [3.8, 4) is 11.5 Å². The van der Waals surface area contributed by atoms with Crippen molar-refractivity contribution in [3.05, 3.63) is 58.7 Å². The molecule has 0 aliphatic rings. The monoisotopic (exact) mass is 352 g/mol. The maximum Gasteiger partial charge on any atom is 0.339 e. The van der Waals surface area contributed by atoms with E-state index in [1.807, 2.05) is 0 Å². The van der Waals surface area contributed by atoms with Gasteiger partial charge in [-0.1, -0.05) is 24.3 Å². The first kappa shape index (κ1) is 20.7. The molecule has 0 atom stereocenters. The van der Waals surface area contributed by atoms with E-state index in [1.165, 1.54) is 12.1 Å². The molecule has 6 nitrogen and oxygen atoms in total. The summed E-state index contributed by atoms with van der Waals surface area (Å²) >= 11 is 0. The van der Waals surface area contributed by atoms with Gasteiger partial charge in [0.1, 0.15) is 22.6 Å². The molecule has 2 rings (SSSR count). The predicted octanol–water partition coefficient (Wildman–Crippen LogP) is 2.80. The molecule has 0 aromatic heterocycles. The van der Waals surface area contributed by atoms with Crippen molar-refractivity contribution in [2.24, 2.45) is 0 Å². The van der Waals surface area contributed by atoms with Crippen molar-refractivity contribution >= 4 is 11.9 Å². The summed E-state index contributed by atoms with van der Waals surface area (Å²) in [5, 5.41) is 35.4. The number of hydrogen-bond donors (Lipinski definition) is 4. The van der Waals surface area contributed by atoms with Crippen LogP contribution in [0.5, 0.6) is 11.5 Å². The zero-order chi connectivity index (χ0) is 16.9. The van der Waals surface area contributed by atoms with Gasteiger partial charge in [0.2, 0.25) is 0 Å². The second kappa shape index (κ2) is 8.97. The van der Waals surface area contributed by atoms with Crippen molar-refractivity contribution in [1.82, 2.24) is 0 Å². The number of rotatable bonds is 2. The molecule has 0 heterocycles. The van der Waals surface area contributed by atoms with Crippen molar-refractivity contribution in [3.63, 3.8) is 0 Å². The topological polar surface area (TPSA) is 115 Å². The van der Waals surface area contributed by atoms with Gasteiger partial charge < -0.3 is 20.4 Å². The summed E-state index contributed by atoms with van der Waals surface area (Å²) in [5.74, 6) is -2.52. The van der Waals surface area contributed by atoms with Gasteiger partial charge in [-0.25, -0.2) is 9.59 Å². The molecular weight excluding hydrogens is 336 g/mol. The number of carboxylic acids is 2. The number of phenols is 2. The van der Waals surface area contributed by atoms with Crippen molar-refractivity contribution in [2.45, 2.75) is 13.8 Å². The number of aromatic hydroxyl groups is 2. The van der Waals surface area contributed by atoms with E-state index in [-0.39, 0.29) is 44.3 Å². The van der Waals surface area contributed by atoms with Crippen molar-refractivity contribution < 1.29 is 51.7 Å². The fourth-order valence-corrected chi connectivity index (χ4v) is 1.66. The minimum atomic E-state index is -1.11. The Morgan fingerprint density at radius 1 is 0.739 bits per heavy atom. The summed E-state index contributed by atoms with van der Waals surface area (Å²) in [6.07, 6.45) is 0. The minimum absolute atomic E-state index is 0. The Balaban J connectivity index is 0.000000403. The molecule has 0 aliphatic heterocycles. The Labute approximate surface area is 147 Å². The number of benzene rings is 2. The van der Waals surface area contributed by atoms with Crippen LogP contribution in [0.15, 0.2) is 36.4 Å². The Bertz CT molecular complexity index is 650. The molecule has 23 heavy (non-hydrogen) atoms. The molecule has 4 N–H and O–H groups in total. The van der Waals surface area contributed by atoms with Gasteiger partial charge in [0, 0.05) is 21.7 Å². The Hall–Kier alpha value is -2.31. The molecule has 0 bridgehead atoms.